The molecule has 0 saturated heterocycles. The third kappa shape index (κ3) is 10.1. The van der Waals surface area contributed by atoms with Crippen LogP contribution in [0, 0.1) is 6.92 Å². The van der Waals surface area contributed by atoms with E-state index in [2.05, 4.69) is 35.7 Å². The van der Waals surface area contributed by atoms with Gasteiger partial charge in [0.1, 0.15) is 47.4 Å². The van der Waals surface area contributed by atoms with E-state index in [1.807, 2.05) is 0 Å². The quantitative estimate of drug-likeness (QED) is 0.0377. The van der Waals surface area contributed by atoms with Crippen LogP contribution in [0.2, 0.25) is 5.02 Å². The number of rotatable bonds is 12. The molecule has 61 heavy (non-hydrogen) atoms. The summed E-state index contributed by atoms with van der Waals surface area (Å²) >= 11 is 6.23. The minimum atomic E-state index is -5.54. The van der Waals surface area contributed by atoms with E-state index in [0.717, 1.165) is 24.5 Å². The second-order valence-corrected chi connectivity index (χ2v) is 21.3. The highest BCUT2D eigenvalue weighted by atomic mass is 35.5. The number of fused-ring (bicyclic) bond motifs is 1. The Labute approximate surface area is 348 Å². The number of nitrogens with two attached hydrogens (primary N) is 1. The number of benzene rings is 4. The number of anilines is 3. The minimum Gasteiger partial charge on any atom is -0.505 e. The fourth-order valence-electron chi connectivity index (χ4n) is 5.08. The van der Waals surface area contributed by atoms with Gasteiger partial charge in [0.15, 0.2) is 11.6 Å². The number of nitrogen functional groups attached to an aromatic ring is 1. The van der Waals surface area contributed by atoms with Crippen molar-refractivity contribution >= 4 is 123 Å². The lowest BCUT2D eigenvalue weighted by molar-refractivity contribution is 0.472. The van der Waals surface area contributed by atoms with E-state index in [9.17, 15) is 78.4 Å². The smallest absolute Gasteiger partial charge is 0.296 e. The van der Waals surface area contributed by atoms with E-state index in [-0.39, 0.29) is 22.2 Å². The highest BCUT2D eigenvalue weighted by Gasteiger charge is 2.29. The second kappa shape index (κ2) is 15.8. The van der Waals surface area contributed by atoms with Crippen molar-refractivity contribution in [1.29, 1.82) is 0 Å². The molecular formula is C28H23ClN8O18S6. The third-order valence-electron chi connectivity index (χ3n) is 7.72. The molecule has 0 fully saturated rings. The van der Waals surface area contributed by atoms with E-state index < -0.39 is 135 Å². The zero-order valence-electron chi connectivity index (χ0n) is 29.8. The number of aromatic hydroxyl groups is 1. The van der Waals surface area contributed by atoms with Gasteiger partial charge in [-0.2, -0.15) is 47.1 Å². The van der Waals surface area contributed by atoms with Gasteiger partial charge in [0.2, 0.25) is 15.0 Å². The Hall–Kier alpha value is -5.39. The van der Waals surface area contributed by atoms with Gasteiger partial charge in [-0.15, -0.1) is 20.5 Å². The Morgan fingerprint density at radius 2 is 1.10 bits per heavy atom. The maximum atomic E-state index is 12.6. The molecule has 4 aromatic carbocycles. The number of hydrogen-bond acceptors (Lipinski definition) is 21. The molecule has 0 unspecified atom stereocenters. The molecule has 0 amide bonds. The van der Waals surface area contributed by atoms with Crippen molar-refractivity contribution in [3.8, 4) is 5.75 Å². The number of nitrogens with zero attached hydrogens (tertiary/aromatic N) is 6. The lowest BCUT2D eigenvalue weighted by Gasteiger charge is -2.14. The first-order valence-electron chi connectivity index (χ1n) is 15.3. The standard InChI is InChI=1S/C28H23ClN8O18S6/c1-11-22(29)27(33-28(31-11)56(2,39)40)32-13-3-5-17(58(44,45)46)15(9-13)34-36-24-19(60(50,51)52)7-12-8-20(61(53,54)55)25(26(38)21(12)23(24)30)37-35-16-10-14(57(41,42)43)4-6-18(16)59(47,48)49/h3-10,38H,30H2,1-2H3,(H,31,32,33)(H,41,42,43)(H,44,45,46)(H,47,48,49)(H,50,51,52)(H,53,54,55). The molecule has 26 nitrogen and oxygen atoms in total. The number of azo groups is 2. The molecule has 0 aliphatic carbocycles. The molecule has 326 valence electrons. The lowest BCUT2D eigenvalue weighted by atomic mass is 10.1. The first kappa shape index (κ1) is 46.7. The van der Waals surface area contributed by atoms with Crippen LogP contribution in [0.1, 0.15) is 5.69 Å². The summed E-state index contributed by atoms with van der Waals surface area (Å²) in [7, 11) is -30.6. The van der Waals surface area contributed by atoms with Crippen LogP contribution in [0.15, 0.2) is 98.6 Å². The second-order valence-electron chi connectivity index (χ2n) is 12.0. The lowest BCUT2D eigenvalue weighted by Crippen LogP contribution is -2.08. The van der Waals surface area contributed by atoms with Gasteiger partial charge in [0.25, 0.3) is 50.6 Å². The monoisotopic (exact) mass is 986 g/mol. The third-order valence-corrected chi connectivity index (χ3v) is 13.4. The highest BCUT2D eigenvalue weighted by molar-refractivity contribution is 7.90. The van der Waals surface area contributed by atoms with Crippen molar-refractivity contribution in [2.45, 2.75) is 36.6 Å². The number of aromatic nitrogens is 2. The van der Waals surface area contributed by atoms with E-state index in [1.54, 1.807) is 0 Å². The summed E-state index contributed by atoms with van der Waals surface area (Å²) < 4.78 is 195. The molecule has 0 aliphatic rings. The van der Waals surface area contributed by atoms with Crippen LogP contribution in [0.4, 0.5) is 39.9 Å². The van der Waals surface area contributed by atoms with Crippen LogP contribution < -0.4 is 11.1 Å². The van der Waals surface area contributed by atoms with E-state index in [4.69, 9.17) is 17.3 Å². The average molecular weight is 987 g/mol. The Kier molecular flexibility index (Phi) is 12.1. The van der Waals surface area contributed by atoms with Crippen molar-refractivity contribution in [3.63, 3.8) is 0 Å². The van der Waals surface area contributed by atoms with Crippen molar-refractivity contribution in [2.75, 3.05) is 17.3 Å². The van der Waals surface area contributed by atoms with Gasteiger partial charge in [-0.25, -0.2) is 13.4 Å². The predicted molar refractivity (Wildman–Crippen MR) is 209 cm³/mol. The summed E-state index contributed by atoms with van der Waals surface area (Å²) in [4.78, 5) is 1.72. The van der Waals surface area contributed by atoms with Crippen LogP contribution in [-0.4, -0.2) is 94.6 Å². The van der Waals surface area contributed by atoms with Crippen LogP contribution in [0.3, 0.4) is 0 Å². The molecule has 0 atom stereocenters. The molecule has 5 aromatic rings. The van der Waals surface area contributed by atoms with E-state index in [1.165, 1.54) is 6.92 Å². The molecule has 0 radical (unpaired) electrons. The summed E-state index contributed by atoms with van der Waals surface area (Å²) in [6, 6.07) is 4.79. The zero-order valence-corrected chi connectivity index (χ0v) is 35.4. The van der Waals surface area contributed by atoms with Crippen molar-refractivity contribution in [1.82, 2.24) is 9.97 Å². The van der Waals surface area contributed by atoms with Crippen molar-refractivity contribution in [3.05, 3.63) is 59.2 Å². The first-order chi connectivity index (χ1) is 27.7. The SMILES string of the molecule is Cc1nc(S(C)(=O)=O)nc(Nc2ccc(S(=O)(=O)O)c(N=Nc3c(S(=O)(=O)O)cc4cc(S(=O)(=O)O)c(N=Nc5cc(S(=O)(=O)O)ccc5S(=O)(=O)O)c(O)c4c3N)c2)c1Cl. The summed E-state index contributed by atoms with van der Waals surface area (Å²) in [6.07, 6.45) is 0.799. The number of sulfone groups is 1. The maximum absolute atomic E-state index is 12.6. The first-order valence-corrected chi connectivity index (χ1v) is 24.8. The van der Waals surface area contributed by atoms with Crippen LogP contribution >= 0.6 is 11.6 Å². The summed E-state index contributed by atoms with van der Waals surface area (Å²) in [6.45, 7) is 1.34. The highest BCUT2D eigenvalue weighted by Crippen LogP contribution is 2.49. The fraction of sp³-hybridized carbons (Fsp3) is 0.0714. The molecular weight excluding hydrogens is 964 g/mol. The van der Waals surface area contributed by atoms with E-state index >= 15 is 0 Å². The summed E-state index contributed by atoms with van der Waals surface area (Å²) in [5.41, 5.74) is 0.619. The normalized spacial score (nSPS) is 13.4. The number of aryl methyl sites for hydroxylation is 1. The molecule has 0 bridgehead atoms. The minimum absolute atomic E-state index is 0.00983. The van der Waals surface area contributed by atoms with Gasteiger partial charge >= 0.3 is 0 Å². The number of nitrogens with one attached hydrogen (secondary N) is 1. The predicted octanol–water partition coefficient (Wildman–Crippen LogP) is 4.09. The van der Waals surface area contributed by atoms with Crippen LogP contribution in [0.25, 0.3) is 10.8 Å². The van der Waals surface area contributed by atoms with Crippen molar-refractivity contribution in [2.24, 2.45) is 20.5 Å². The van der Waals surface area contributed by atoms with Gasteiger partial charge in [-0.1, -0.05) is 11.6 Å². The number of halogens is 1. The number of hydrogen-bond donors (Lipinski definition) is 8. The topological polar surface area (TPSA) is 439 Å². The van der Waals surface area contributed by atoms with Crippen LogP contribution in [-0.2, 0) is 60.4 Å². The van der Waals surface area contributed by atoms with Gasteiger partial charge in [-0.05, 0) is 60.8 Å². The van der Waals surface area contributed by atoms with Gasteiger partial charge in [-0.3, -0.25) is 22.8 Å². The van der Waals surface area contributed by atoms with Gasteiger partial charge < -0.3 is 16.2 Å². The molecule has 0 spiro atoms. The van der Waals surface area contributed by atoms with E-state index in [0.29, 0.717) is 30.3 Å². The van der Waals surface area contributed by atoms with Crippen LogP contribution in [0.5, 0.6) is 5.75 Å². The van der Waals surface area contributed by atoms with Gasteiger partial charge in [0.05, 0.1) is 21.7 Å². The number of phenolic OH excluding ortho intramolecular Hbond substituents is 1. The molecule has 9 N–H and O–H groups in total. The molecule has 1 heterocycles. The maximum Gasteiger partial charge on any atom is 0.296 e. The Morgan fingerprint density at radius 1 is 0.623 bits per heavy atom. The fourth-order valence-corrected chi connectivity index (χ4v) is 8.81. The average Bonchev–Trinajstić information content (AvgIpc) is 3.09. The summed E-state index contributed by atoms with van der Waals surface area (Å²) in [5, 5.41) is 25.6. The molecule has 0 saturated carbocycles. The van der Waals surface area contributed by atoms with Crippen molar-refractivity contribution < 1.29 is 78.4 Å². The molecule has 5 rings (SSSR count). The number of phenols is 1. The largest absolute Gasteiger partial charge is 0.505 e. The Bertz CT molecular complexity index is 3500. The summed E-state index contributed by atoms with van der Waals surface area (Å²) in [5.74, 6) is -1.74. The van der Waals surface area contributed by atoms with Gasteiger partial charge in [0, 0.05) is 11.9 Å². The molecule has 0 aliphatic heterocycles. The molecule has 33 heteroatoms. The Morgan fingerprint density at radius 3 is 1.59 bits per heavy atom. The zero-order chi connectivity index (χ0) is 46.0. The Balaban J connectivity index is 1.78. The molecule has 1 aromatic heterocycles.